The number of fused-ring (bicyclic) bond motifs is 2. The third kappa shape index (κ3) is 4.38. The molecule has 1 aromatic carbocycles. The Labute approximate surface area is 196 Å². The number of anilines is 1. The first-order valence-corrected chi connectivity index (χ1v) is 12.5. The fraction of sp³-hybridized carbons (Fsp3) is 0.458. The minimum atomic E-state index is -0.848. The lowest BCUT2D eigenvalue weighted by Crippen LogP contribution is -2.49. The zero-order valence-electron chi connectivity index (χ0n) is 18.7. The summed E-state index contributed by atoms with van der Waals surface area (Å²) in [6.45, 7) is 0. The first kappa shape index (κ1) is 22.0. The molecule has 5 rings (SSSR count). The van der Waals surface area contributed by atoms with Crippen LogP contribution in [0.4, 0.5) is 10.2 Å². The van der Waals surface area contributed by atoms with Gasteiger partial charge in [-0.3, -0.25) is 0 Å². The van der Waals surface area contributed by atoms with Crippen molar-refractivity contribution < 1.29 is 9.50 Å². The Balaban J connectivity index is 1.35. The standard InChI is InChI=1S/C24H27FN6OS/c1-31(19-9-14-4-3-5-16(8-14)23(19)25)21-13-26-24(30-28-21)18-7-6-15(10-20(18)32)17-11-22(33-2)29-27-12-17/h6-7,10-14,16,19,23,32H,3-5,8-9H2,1-2H3/t14-,16+,19+,23-/m1/s1. The molecule has 4 atom stereocenters. The molecule has 0 spiro atoms. The average molecular weight is 467 g/mol. The van der Waals surface area contributed by atoms with Gasteiger partial charge in [0.15, 0.2) is 11.6 Å². The van der Waals surface area contributed by atoms with Crippen molar-refractivity contribution >= 4 is 17.6 Å². The summed E-state index contributed by atoms with van der Waals surface area (Å²) in [4.78, 5) is 6.32. The van der Waals surface area contributed by atoms with Crippen LogP contribution in [0.1, 0.15) is 32.1 Å². The molecule has 1 N–H and O–H groups in total. The van der Waals surface area contributed by atoms with E-state index >= 15 is 4.39 Å². The zero-order chi connectivity index (χ0) is 22.9. The molecule has 0 amide bonds. The maximum Gasteiger partial charge on any atom is 0.185 e. The van der Waals surface area contributed by atoms with Crippen LogP contribution in [-0.4, -0.2) is 56.0 Å². The predicted octanol–water partition coefficient (Wildman–Crippen LogP) is 4.78. The van der Waals surface area contributed by atoms with Gasteiger partial charge in [-0.1, -0.05) is 18.9 Å². The predicted molar refractivity (Wildman–Crippen MR) is 127 cm³/mol. The molecule has 9 heteroatoms. The highest BCUT2D eigenvalue weighted by Gasteiger charge is 2.42. The fourth-order valence-electron chi connectivity index (χ4n) is 5.22. The van der Waals surface area contributed by atoms with E-state index in [0.29, 0.717) is 23.1 Å². The van der Waals surface area contributed by atoms with Crippen LogP contribution in [0.15, 0.2) is 41.7 Å². The van der Waals surface area contributed by atoms with Gasteiger partial charge in [-0.15, -0.1) is 27.1 Å². The summed E-state index contributed by atoms with van der Waals surface area (Å²) in [6.07, 6.45) is 9.54. The van der Waals surface area contributed by atoms with Gasteiger partial charge < -0.3 is 10.0 Å². The van der Waals surface area contributed by atoms with Gasteiger partial charge in [-0.05, 0) is 61.1 Å². The topological polar surface area (TPSA) is 87.9 Å². The molecule has 3 aromatic rings. The van der Waals surface area contributed by atoms with Gasteiger partial charge >= 0.3 is 0 Å². The first-order chi connectivity index (χ1) is 16.0. The molecule has 2 saturated carbocycles. The molecule has 0 aliphatic heterocycles. The number of nitrogens with zero attached hydrogens (tertiary/aromatic N) is 6. The molecule has 172 valence electrons. The van der Waals surface area contributed by atoms with Gasteiger partial charge in [0.05, 0.1) is 24.0 Å². The number of hydrogen-bond donors (Lipinski definition) is 1. The van der Waals surface area contributed by atoms with Crippen molar-refractivity contribution in [3.05, 3.63) is 36.7 Å². The molecule has 2 fully saturated rings. The van der Waals surface area contributed by atoms with Gasteiger partial charge in [0.2, 0.25) is 0 Å². The lowest BCUT2D eigenvalue weighted by Gasteiger charge is -2.45. The van der Waals surface area contributed by atoms with Crippen molar-refractivity contribution in [3.8, 4) is 28.3 Å². The summed E-state index contributed by atoms with van der Waals surface area (Å²) < 4.78 is 15.1. The summed E-state index contributed by atoms with van der Waals surface area (Å²) in [6, 6.07) is 7.04. The summed E-state index contributed by atoms with van der Waals surface area (Å²) >= 11 is 1.51. The molecule has 0 unspecified atom stereocenters. The number of phenols is 1. The smallest absolute Gasteiger partial charge is 0.185 e. The van der Waals surface area contributed by atoms with Gasteiger partial charge in [0.1, 0.15) is 16.9 Å². The van der Waals surface area contributed by atoms with Crippen molar-refractivity contribution in [1.29, 1.82) is 0 Å². The average Bonchev–Trinajstić information content (AvgIpc) is 2.86. The number of aromatic nitrogens is 5. The fourth-order valence-corrected chi connectivity index (χ4v) is 5.60. The third-order valence-electron chi connectivity index (χ3n) is 7.04. The highest BCUT2D eigenvalue weighted by Crippen LogP contribution is 2.43. The Bertz CT molecular complexity index is 1130. The Morgan fingerprint density at radius 1 is 1.06 bits per heavy atom. The van der Waals surface area contributed by atoms with Crippen molar-refractivity contribution in [1.82, 2.24) is 25.4 Å². The molecule has 0 saturated heterocycles. The van der Waals surface area contributed by atoms with E-state index in [-0.39, 0.29) is 17.7 Å². The van der Waals surface area contributed by atoms with Crippen LogP contribution in [-0.2, 0) is 0 Å². The number of rotatable bonds is 5. The lowest BCUT2D eigenvalue weighted by molar-refractivity contribution is 0.0656. The molecular weight excluding hydrogens is 439 g/mol. The largest absolute Gasteiger partial charge is 0.507 e. The number of benzene rings is 1. The van der Waals surface area contributed by atoms with Crippen LogP contribution in [0.2, 0.25) is 0 Å². The number of thioether (sulfide) groups is 1. The molecule has 2 heterocycles. The number of hydrogen-bond acceptors (Lipinski definition) is 8. The minimum Gasteiger partial charge on any atom is -0.507 e. The van der Waals surface area contributed by atoms with Crippen LogP contribution < -0.4 is 4.90 Å². The quantitative estimate of drug-likeness (QED) is 0.538. The second kappa shape index (κ2) is 9.21. The Morgan fingerprint density at radius 3 is 2.70 bits per heavy atom. The van der Waals surface area contributed by atoms with Gasteiger partial charge in [-0.25, -0.2) is 9.37 Å². The molecule has 7 nitrogen and oxygen atoms in total. The first-order valence-electron chi connectivity index (χ1n) is 11.3. The van der Waals surface area contributed by atoms with Crippen molar-refractivity contribution in [2.24, 2.45) is 11.8 Å². The van der Waals surface area contributed by atoms with E-state index in [1.165, 1.54) is 18.2 Å². The molecule has 0 radical (unpaired) electrons. The van der Waals surface area contributed by atoms with Crippen molar-refractivity contribution in [3.63, 3.8) is 0 Å². The summed E-state index contributed by atoms with van der Waals surface area (Å²) in [5.74, 6) is 1.69. The van der Waals surface area contributed by atoms with E-state index < -0.39 is 6.17 Å². The molecule has 33 heavy (non-hydrogen) atoms. The van der Waals surface area contributed by atoms with Gasteiger partial charge in [-0.2, -0.15) is 5.10 Å². The highest BCUT2D eigenvalue weighted by atomic mass is 32.2. The summed E-state index contributed by atoms with van der Waals surface area (Å²) in [5, 5.41) is 28.1. The van der Waals surface area contributed by atoms with E-state index in [1.54, 1.807) is 24.5 Å². The monoisotopic (exact) mass is 466 g/mol. The van der Waals surface area contributed by atoms with Crippen LogP contribution >= 0.6 is 11.8 Å². The van der Waals surface area contributed by atoms with Crippen LogP contribution in [0.5, 0.6) is 5.75 Å². The molecule has 2 aliphatic rings. The van der Waals surface area contributed by atoms with Gasteiger partial charge in [0.25, 0.3) is 0 Å². The second-order valence-corrected chi connectivity index (χ2v) is 9.84. The van der Waals surface area contributed by atoms with E-state index in [0.717, 1.165) is 41.8 Å². The van der Waals surface area contributed by atoms with E-state index in [9.17, 15) is 5.11 Å². The SMILES string of the molecule is CSc1cc(-c2ccc(-c3ncc(N(C)[C@H]4C[C@@H]5CCC[C@@H](C5)[C@H]4F)nn3)c(O)c2)cnn1. The Kier molecular flexibility index (Phi) is 6.14. The third-order valence-corrected chi connectivity index (χ3v) is 7.66. The van der Waals surface area contributed by atoms with E-state index in [1.807, 2.05) is 30.3 Å². The minimum absolute atomic E-state index is 0.0573. The van der Waals surface area contributed by atoms with Crippen LogP contribution in [0.25, 0.3) is 22.5 Å². The zero-order valence-corrected chi connectivity index (χ0v) is 19.5. The number of alkyl halides is 1. The molecular formula is C24H27FN6OS. The maximum atomic E-state index is 15.1. The highest BCUT2D eigenvalue weighted by molar-refractivity contribution is 7.98. The van der Waals surface area contributed by atoms with Gasteiger partial charge in [0, 0.05) is 12.6 Å². The second-order valence-electron chi connectivity index (χ2n) is 9.01. The van der Waals surface area contributed by atoms with E-state index in [2.05, 4.69) is 25.4 Å². The summed E-state index contributed by atoms with van der Waals surface area (Å²) in [7, 11) is 1.88. The van der Waals surface area contributed by atoms with Crippen molar-refractivity contribution in [2.45, 2.75) is 49.3 Å². The number of aromatic hydroxyl groups is 1. The van der Waals surface area contributed by atoms with Crippen molar-refractivity contribution in [2.75, 3.05) is 18.2 Å². The maximum absolute atomic E-state index is 15.1. The molecule has 2 bridgehead atoms. The normalized spacial score (nSPS) is 24.5. The van der Waals surface area contributed by atoms with Crippen LogP contribution in [0, 0.1) is 11.8 Å². The molecule has 2 aliphatic carbocycles. The number of halogens is 1. The summed E-state index contributed by atoms with van der Waals surface area (Å²) in [5.41, 5.74) is 2.18. The van der Waals surface area contributed by atoms with Crippen LogP contribution in [0.3, 0.4) is 0 Å². The lowest BCUT2D eigenvalue weighted by atomic mass is 9.69. The Morgan fingerprint density at radius 2 is 1.94 bits per heavy atom. The number of phenolic OH excluding ortho intramolecular Hbond substituents is 1. The molecule has 2 aromatic heterocycles. The Hall–Kier alpha value is -2.81. The van der Waals surface area contributed by atoms with E-state index in [4.69, 9.17) is 0 Å².